The third-order valence-electron chi connectivity index (χ3n) is 3.83. The van der Waals surface area contributed by atoms with Crippen LogP contribution in [0.2, 0.25) is 0 Å². The highest BCUT2D eigenvalue weighted by Crippen LogP contribution is 2.28. The molecule has 0 radical (unpaired) electrons. The van der Waals surface area contributed by atoms with Gasteiger partial charge in [0.1, 0.15) is 0 Å². The van der Waals surface area contributed by atoms with E-state index in [1.807, 2.05) is 0 Å². The van der Waals surface area contributed by atoms with E-state index in [4.69, 9.17) is 5.53 Å². The monoisotopic (exact) mass is 258 g/mol. The number of benzene rings is 1. The number of anilines is 1. The maximum Gasteiger partial charge on any atom is 0.227 e. The maximum atomic E-state index is 12.0. The molecule has 1 aliphatic rings. The molecule has 1 atom stereocenters. The molecule has 0 bridgehead atoms. The number of carbonyl (C=O) groups is 1. The summed E-state index contributed by atoms with van der Waals surface area (Å²) in [4.78, 5) is 16.6. The predicted molar refractivity (Wildman–Crippen MR) is 75.1 cm³/mol. The van der Waals surface area contributed by atoms with Crippen molar-refractivity contribution in [3.8, 4) is 0 Å². The molecule has 1 aromatic rings. The normalized spacial score (nSPS) is 18.6. The van der Waals surface area contributed by atoms with Gasteiger partial charge in [-0.3, -0.25) is 4.79 Å². The summed E-state index contributed by atoms with van der Waals surface area (Å²) in [5.74, 6) is 0.242. The summed E-state index contributed by atoms with van der Waals surface area (Å²) in [6.45, 7) is 7.24. The summed E-state index contributed by atoms with van der Waals surface area (Å²) in [5.41, 5.74) is 12.9. The van der Waals surface area contributed by atoms with Gasteiger partial charge in [0.2, 0.25) is 5.91 Å². The van der Waals surface area contributed by atoms with Crippen LogP contribution in [0.1, 0.15) is 23.1 Å². The van der Waals surface area contributed by atoms with E-state index < -0.39 is 0 Å². The van der Waals surface area contributed by atoms with E-state index in [2.05, 4.69) is 42.9 Å². The summed E-state index contributed by atoms with van der Waals surface area (Å²) in [6, 6.07) is 4.10. The summed E-state index contributed by atoms with van der Waals surface area (Å²) in [7, 11) is 0. The molecule has 0 spiro atoms. The molecule has 1 aliphatic heterocycles. The molecule has 1 unspecified atom stereocenters. The van der Waals surface area contributed by atoms with Crippen LogP contribution in [0.15, 0.2) is 17.2 Å². The van der Waals surface area contributed by atoms with Gasteiger partial charge in [-0.25, -0.2) is 0 Å². The Hall–Kier alpha value is -2.00. The average Bonchev–Trinajstić information content (AvgIpc) is 2.74. The van der Waals surface area contributed by atoms with Gasteiger partial charge in [-0.15, -0.1) is 0 Å². The first-order valence-corrected chi connectivity index (χ1v) is 6.42. The highest BCUT2D eigenvalue weighted by molar-refractivity contribution is 5.96. The lowest BCUT2D eigenvalue weighted by molar-refractivity contribution is -0.117. The zero-order valence-electron chi connectivity index (χ0n) is 11.6. The molecule has 0 aromatic heterocycles. The minimum atomic E-state index is 0.112. The van der Waals surface area contributed by atoms with E-state index in [1.54, 1.807) is 4.90 Å². The zero-order valence-corrected chi connectivity index (χ0v) is 11.6. The first-order valence-electron chi connectivity index (χ1n) is 6.42. The highest BCUT2D eigenvalue weighted by Gasteiger charge is 2.30. The fourth-order valence-electron chi connectivity index (χ4n) is 2.47. The number of carbonyl (C=O) groups excluding carboxylic acids is 1. The lowest BCUT2D eigenvalue weighted by atomic mass is 10.0. The molecule has 1 heterocycles. The first-order chi connectivity index (χ1) is 9.02. The summed E-state index contributed by atoms with van der Waals surface area (Å²) in [6.07, 6.45) is 0.463. The van der Waals surface area contributed by atoms with Crippen LogP contribution in [0.25, 0.3) is 10.4 Å². The van der Waals surface area contributed by atoms with Crippen LogP contribution in [0.3, 0.4) is 0 Å². The summed E-state index contributed by atoms with van der Waals surface area (Å²) >= 11 is 0. The number of amides is 1. The Morgan fingerprint density at radius 2 is 2.00 bits per heavy atom. The minimum absolute atomic E-state index is 0.112. The van der Waals surface area contributed by atoms with Gasteiger partial charge in [0, 0.05) is 30.1 Å². The van der Waals surface area contributed by atoms with Crippen LogP contribution in [0.4, 0.5) is 5.69 Å². The summed E-state index contributed by atoms with van der Waals surface area (Å²) < 4.78 is 0. The molecule has 1 aromatic carbocycles. The van der Waals surface area contributed by atoms with E-state index in [0.717, 1.165) is 5.69 Å². The molecule has 0 aliphatic carbocycles. The van der Waals surface area contributed by atoms with Crippen molar-refractivity contribution in [1.29, 1.82) is 0 Å². The molecule has 0 N–H and O–H groups in total. The number of azide groups is 1. The number of aryl methyl sites for hydroxylation is 2. The van der Waals surface area contributed by atoms with Crippen LogP contribution < -0.4 is 4.90 Å². The van der Waals surface area contributed by atoms with Gasteiger partial charge in [-0.1, -0.05) is 5.11 Å². The minimum Gasteiger partial charge on any atom is -0.312 e. The van der Waals surface area contributed by atoms with E-state index in [1.165, 1.54) is 16.7 Å². The Balaban J connectivity index is 2.23. The van der Waals surface area contributed by atoms with E-state index >= 15 is 0 Å². The largest absolute Gasteiger partial charge is 0.312 e. The van der Waals surface area contributed by atoms with Crippen LogP contribution in [-0.4, -0.2) is 19.0 Å². The molecular weight excluding hydrogens is 240 g/mol. The fourth-order valence-corrected chi connectivity index (χ4v) is 2.47. The van der Waals surface area contributed by atoms with Crippen molar-refractivity contribution in [1.82, 2.24) is 0 Å². The third-order valence-corrected chi connectivity index (χ3v) is 3.83. The number of rotatable bonds is 3. The van der Waals surface area contributed by atoms with Gasteiger partial charge < -0.3 is 4.90 Å². The van der Waals surface area contributed by atoms with E-state index in [9.17, 15) is 4.79 Å². The molecule has 5 heteroatoms. The van der Waals surface area contributed by atoms with Crippen molar-refractivity contribution in [2.75, 3.05) is 18.0 Å². The molecule has 2 rings (SSSR count). The summed E-state index contributed by atoms with van der Waals surface area (Å²) in [5, 5.41) is 3.57. The van der Waals surface area contributed by atoms with Gasteiger partial charge in [0.15, 0.2) is 0 Å². The topological polar surface area (TPSA) is 69.1 Å². The molecule has 100 valence electrons. The second-order valence-electron chi connectivity index (χ2n) is 5.19. The third kappa shape index (κ3) is 2.71. The van der Waals surface area contributed by atoms with Crippen LogP contribution in [0, 0.1) is 26.7 Å². The zero-order chi connectivity index (χ0) is 14.0. The second kappa shape index (κ2) is 5.33. The van der Waals surface area contributed by atoms with E-state index in [0.29, 0.717) is 19.5 Å². The van der Waals surface area contributed by atoms with Crippen molar-refractivity contribution in [3.63, 3.8) is 0 Å². The van der Waals surface area contributed by atoms with Crippen molar-refractivity contribution in [2.45, 2.75) is 27.2 Å². The molecular formula is C14H18N4O. The van der Waals surface area contributed by atoms with Crippen LogP contribution in [-0.2, 0) is 4.79 Å². The SMILES string of the molecule is Cc1cc(N2CC(CN=[N+]=[N-])CC2=O)cc(C)c1C. The van der Waals surface area contributed by atoms with Crippen LogP contribution in [0.5, 0.6) is 0 Å². The van der Waals surface area contributed by atoms with Gasteiger partial charge in [-0.05, 0) is 61.0 Å². The molecule has 19 heavy (non-hydrogen) atoms. The highest BCUT2D eigenvalue weighted by atomic mass is 16.2. The maximum absolute atomic E-state index is 12.0. The molecule has 1 saturated heterocycles. The molecule has 1 fully saturated rings. The van der Waals surface area contributed by atoms with Crippen molar-refractivity contribution in [3.05, 3.63) is 39.3 Å². The Bertz CT molecular complexity index is 538. The number of hydrogen-bond acceptors (Lipinski definition) is 2. The Morgan fingerprint density at radius 3 is 2.58 bits per heavy atom. The molecule has 0 saturated carbocycles. The van der Waals surface area contributed by atoms with Gasteiger partial charge in [0.05, 0.1) is 0 Å². The fraction of sp³-hybridized carbons (Fsp3) is 0.500. The lowest BCUT2D eigenvalue weighted by Crippen LogP contribution is -2.25. The Labute approximate surface area is 112 Å². The predicted octanol–water partition coefficient (Wildman–Crippen LogP) is 3.28. The van der Waals surface area contributed by atoms with Crippen molar-refractivity contribution in [2.24, 2.45) is 11.0 Å². The lowest BCUT2D eigenvalue weighted by Gasteiger charge is -2.19. The first kappa shape index (κ1) is 13.4. The Kier molecular flexibility index (Phi) is 3.76. The van der Waals surface area contributed by atoms with Crippen molar-refractivity contribution >= 4 is 11.6 Å². The average molecular weight is 258 g/mol. The second-order valence-corrected chi connectivity index (χ2v) is 5.19. The van der Waals surface area contributed by atoms with Crippen LogP contribution >= 0.6 is 0 Å². The molecule has 1 amide bonds. The quantitative estimate of drug-likeness (QED) is 0.466. The van der Waals surface area contributed by atoms with Gasteiger partial charge in [-0.2, -0.15) is 0 Å². The van der Waals surface area contributed by atoms with E-state index in [-0.39, 0.29) is 11.8 Å². The Morgan fingerprint density at radius 1 is 1.37 bits per heavy atom. The number of nitrogens with zero attached hydrogens (tertiary/aromatic N) is 4. The molecule has 5 nitrogen and oxygen atoms in total. The van der Waals surface area contributed by atoms with Gasteiger partial charge >= 0.3 is 0 Å². The smallest absolute Gasteiger partial charge is 0.227 e. The number of hydrogen-bond donors (Lipinski definition) is 0. The van der Waals surface area contributed by atoms with Gasteiger partial charge in [0.25, 0.3) is 0 Å². The standard InChI is InChI=1S/C14H18N4O/c1-9-4-13(5-10(2)11(9)3)18-8-12(6-14(18)19)7-16-17-15/h4-5,12H,6-8H2,1-3H3. The van der Waals surface area contributed by atoms with Crippen molar-refractivity contribution < 1.29 is 4.79 Å².